The van der Waals surface area contributed by atoms with E-state index in [1.165, 1.54) is 0 Å². The number of halogens is 1. The first-order valence-corrected chi connectivity index (χ1v) is 5.28. The molecule has 1 atom stereocenters. The van der Waals surface area contributed by atoms with E-state index in [2.05, 4.69) is 18.8 Å². The van der Waals surface area contributed by atoms with Crippen LogP contribution in [0.25, 0.3) is 0 Å². The Balaban J connectivity index is 0.00000196. The first-order chi connectivity index (χ1) is 6.59. The van der Waals surface area contributed by atoms with Crippen LogP contribution < -0.4 is 5.73 Å². The van der Waals surface area contributed by atoms with Crippen LogP contribution in [0.5, 0.6) is 0 Å². The maximum atomic E-state index is 6.05. The fourth-order valence-electron chi connectivity index (χ4n) is 1.43. The van der Waals surface area contributed by atoms with Gasteiger partial charge < -0.3 is 5.73 Å². The zero-order valence-electron chi connectivity index (χ0n) is 9.73. The number of rotatable bonds is 4. The Bertz CT molecular complexity index is 287. The minimum Gasteiger partial charge on any atom is -0.323 e. The van der Waals surface area contributed by atoms with Crippen molar-refractivity contribution < 1.29 is 0 Å². The lowest BCUT2D eigenvalue weighted by atomic mass is 10.0. The molecule has 0 bridgehead atoms. The van der Waals surface area contributed by atoms with Gasteiger partial charge in [0.1, 0.15) is 0 Å². The third-order valence-corrected chi connectivity index (χ3v) is 2.34. The normalized spacial score (nSPS) is 12.3. The predicted octanol–water partition coefficient (Wildman–Crippen LogP) is 3.25. The summed E-state index contributed by atoms with van der Waals surface area (Å²) in [6.07, 6.45) is 2.19. The second kappa shape index (κ2) is 6.81. The Labute approximate surface area is 98.7 Å². The van der Waals surface area contributed by atoms with Gasteiger partial charge in [0.2, 0.25) is 0 Å². The molecule has 0 aliphatic heterocycles. The summed E-state index contributed by atoms with van der Waals surface area (Å²) in [5.41, 5.74) is 8.11. The van der Waals surface area contributed by atoms with E-state index in [9.17, 15) is 0 Å². The zero-order valence-corrected chi connectivity index (χ0v) is 10.6. The molecule has 0 aliphatic carbocycles. The fraction of sp³-hybridized carbons (Fsp3) is 0.583. The molecule has 0 aromatic carbocycles. The van der Waals surface area contributed by atoms with Gasteiger partial charge in [-0.3, -0.25) is 4.98 Å². The first-order valence-electron chi connectivity index (χ1n) is 5.28. The maximum Gasteiger partial charge on any atom is 0.0574 e. The molecule has 0 saturated carbocycles. The van der Waals surface area contributed by atoms with Crippen LogP contribution in [-0.2, 0) is 0 Å². The number of nitrogens with zero attached hydrogens (tertiary/aromatic N) is 1. The molecule has 1 rings (SSSR count). The van der Waals surface area contributed by atoms with Gasteiger partial charge >= 0.3 is 0 Å². The van der Waals surface area contributed by atoms with Gasteiger partial charge in [0.25, 0.3) is 0 Å². The van der Waals surface area contributed by atoms with Crippen LogP contribution >= 0.6 is 12.4 Å². The molecular weight excluding hydrogens is 208 g/mol. The zero-order chi connectivity index (χ0) is 10.6. The topological polar surface area (TPSA) is 38.9 Å². The van der Waals surface area contributed by atoms with Crippen LogP contribution in [0, 0.1) is 12.8 Å². The Morgan fingerprint density at radius 3 is 2.47 bits per heavy atom. The van der Waals surface area contributed by atoms with E-state index in [0.29, 0.717) is 5.92 Å². The van der Waals surface area contributed by atoms with Crippen molar-refractivity contribution in [3.05, 3.63) is 29.6 Å². The van der Waals surface area contributed by atoms with Gasteiger partial charge in [-0.2, -0.15) is 0 Å². The Morgan fingerprint density at radius 2 is 1.93 bits per heavy atom. The van der Waals surface area contributed by atoms with E-state index >= 15 is 0 Å². The summed E-state index contributed by atoms with van der Waals surface area (Å²) < 4.78 is 0. The fourth-order valence-corrected chi connectivity index (χ4v) is 1.43. The standard InChI is InChI=1S/C12H20N2.ClH/c1-9(2)7-8-11(13)12-6-4-5-10(3)14-12;/h4-6,9,11H,7-8,13H2,1-3H3;1H/t11-;/m0./s1. The van der Waals surface area contributed by atoms with Crippen LogP contribution in [0.3, 0.4) is 0 Å². The van der Waals surface area contributed by atoms with Gasteiger partial charge in [-0.1, -0.05) is 19.9 Å². The van der Waals surface area contributed by atoms with Gasteiger partial charge in [-0.15, -0.1) is 12.4 Å². The van der Waals surface area contributed by atoms with Crippen molar-refractivity contribution in [2.24, 2.45) is 11.7 Å². The molecule has 3 heteroatoms. The number of aromatic nitrogens is 1. The third kappa shape index (κ3) is 5.14. The van der Waals surface area contributed by atoms with Gasteiger partial charge in [0.15, 0.2) is 0 Å². The Kier molecular flexibility index (Phi) is 6.53. The molecule has 0 amide bonds. The summed E-state index contributed by atoms with van der Waals surface area (Å²) in [7, 11) is 0. The van der Waals surface area contributed by atoms with E-state index < -0.39 is 0 Å². The van der Waals surface area contributed by atoms with Gasteiger partial charge in [-0.05, 0) is 37.8 Å². The van der Waals surface area contributed by atoms with Crippen molar-refractivity contribution >= 4 is 12.4 Å². The van der Waals surface area contributed by atoms with Crippen LogP contribution in [0.15, 0.2) is 18.2 Å². The molecule has 2 N–H and O–H groups in total. The molecule has 0 unspecified atom stereocenters. The molecule has 0 radical (unpaired) electrons. The molecule has 0 fully saturated rings. The summed E-state index contributed by atoms with van der Waals surface area (Å²) in [5.74, 6) is 0.714. The smallest absolute Gasteiger partial charge is 0.0574 e. The van der Waals surface area contributed by atoms with Crippen LogP contribution in [0.4, 0.5) is 0 Å². The number of hydrogen-bond acceptors (Lipinski definition) is 2. The average molecular weight is 229 g/mol. The molecule has 1 aromatic heterocycles. The third-order valence-electron chi connectivity index (χ3n) is 2.34. The van der Waals surface area contributed by atoms with Crippen molar-refractivity contribution in [3.8, 4) is 0 Å². The number of pyridine rings is 1. The molecule has 86 valence electrons. The highest BCUT2D eigenvalue weighted by Crippen LogP contribution is 2.16. The number of nitrogens with two attached hydrogens (primary N) is 1. The Morgan fingerprint density at radius 1 is 1.27 bits per heavy atom. The average Bonchev–Trinajstić information content (AvgIpc) is 2.14. The number of aryl methyl sites for hydroxylation is 1. The summed E-state index contributed by atoms with van der Waals surface area (Å²) in [5, 5.41) is 0. The number of hydrogen-bond donors (Lipinski definition) is 1. The van der Waals surface area contributed by atoms with Crippen LogP contribution in [-0.4, -0.2) is 4.98 Å². The maximum absolute atomic E-state index is 6.05. The second-order valence-corrected chi connectivity index (χ2v) is 4.28. The Hall–Kier alpha value is -0.600. The van der Waals surface area contributed by atoms with Crippen molar-refractivity contribution in [3.63, 3.8) is 0 Å². The van der Waals surface area contributed by atoms with Crippen molar-refractivity contribution in [1.29, 1.82) is 0 Å². The summed E-state index contributed by atoms with van der Waals surface area (Å²) in [4.78, 5) is 4.43. The molecule has 0 aliphatic rings. The lowest BCUT2D eigenvalue weighted by molar-refractivity contribution is 0.501. The lowest BCUT2D eigenvalue weighted by Crippen LogP contribution is -2.13. The molecule has 1 heterocycles. The molecule has 0 saturated heterocycles. The second-order valence-electron chi connectivity index (χ2n) is 4.28. The highest BCUT2D eigenvalue weighted by atomic mass is 35.5. The molecular formula is C12H21ClN2. The van der Waals surface area contributed by atoms with E-state index in [-0.39, 0.29) is 18.4 Å². The predicted molar refractivity (Wildman–Crippen MR) is 67.2 cm³/mol. The lowest BCUT2D eigenvalue weighted by Gasteiger charge is -2.12. The molecule has 2 nitrogen and oxygen atoms in total. The van der Waals surface area contributed by atoms with Gasteiger partial charge in [0.05, 0.1) is 5.69 Å². The molecule has 1 aromatic rings. The van der Waals surface area contributed by atoms with Crippen molar-refractivity contribution in [2.75, 3.05) is 0 Å². The highest BCUT2D eigenvalue weighted by molar-refractivity contribution is 5.85. The highest BCUT2D eigenvalue weighted by Gasteiger charge is 2.07. The van der Waals surface area contributed by atoms with E-state index in [1.54, 1.807) is 0 Å². The van der Waals surface area contributed by atoms with Crippen molar-refractivity contribution in [1.82, 2.24) is 4.98 Å². The summed E-state index contributed by atoms with van der Waals surface area (Å²) in [6.45, 7) is 6.44. The quantitative estimate of drug-likeness (QED) is 0.859. The first kappa shape index (κ1) is 14.4. The van der Waals surface area contributed by atoms with E-state index in [1.807, 2.05) is 25.1 Å². The van der Waals surface area contributed by atoms with Gasteiger partial charge in [0, 0.05) is 11.7 Å². The van der Waals surface area contributed by atoms with Crippen molar-refractivity contribution in [2.45, 2.75) is 39.7 Å². The minimum atomic E-state index is 0. The molecule has 15 heavy (non-hydrogen) atoms. The monoisotopic (exact) mass is 228 g/mol. The SMILES string of the molecule is Cc1cccc([C@@H](N)CCC(C)C)n1.Cl. The molecule has 0 spiro atoms. The summed E-state index contributed by atoms with van der Waals surface area (Å²) >= 11 is 0. The van der Waals surface area contributed by atoms with Crippen LogP contribution in [0.2, 0.25) is 0 Å². The largest absolute Gasteiger partial charge is 0.323 e. The van der Waals surface area contributed by atoms with Gasteiger partial charge in [-0.25, -0.2) is 0 Å². The minimum absolute atomic E-state index is 0. The van der Waals surface area contributed by atoms with E-state index in [0.717, 1.165) is 24.2 Å². The van der Waals surface area contributed by atoms with Crippen LogP contribution in [0.1, 0.15) is 44.1 Å². The van der Waals surface area contributed by atoms with E-state index in [4.69, 9.17) is 5.73 Å². The summed E-state index contributed by atoms with van der Waals surface area (Å²) in [6, 6.07) is 6.13.